The molecule has 0 atom stereocenters. The minimum absolute atomic E-state index is 0.0530. The molecule has 4 N–H and O–H groups in total. The molecule has 1 aromatic rings. The van der Waals surface area contributed by atoms with E-state index in [1.807, 2.05) is 0 Å². The molecule has 113 valence electrons. The molecule has 0 amide bonds. The maximum atomic E-state index is 10.1. The normalized spacial score (nSPS) is 18.0. The van der Waals surface area contributed by atoms with E-state index in [4.69, 9.17) is 9.47 Å². The average molecular weight is 301 g/mol. The van der Waals surface area contributed by atoms with Gasteiger partial charge < -0.3 is 29.9 Å². The molecule has 22 heavy (non-hydrogen) atoms. The Hall–Kier alpha value is -2.86. The number of phenols is 1. The molecule has 1 aromatic carbocycles. The zero-order valence-electron chi connectivity index (χ0n) is 11.6. The van der Waals surface area contributed by atoms with E-state index in [0.717, 1.165) is 6.08 Å². The van der Waals surface area contributed by atoms with Crippen LogP contribution in [0.25, 0.3) is 5.76 Å². The third-order valence-corrected chi connectivity index (χ3v) is 3.22. The van der Waals surface area contributed by atoms with Gasteiger partial charge in [0.1, 0.15) is 23.0 Å². The monoisotopic (exact) mass is 301 g/mol. The summed E-state index contributed by atoms with van der Waals surface area (Å²) in [4.78, 5) is 0. The van der Waals surface area contributed by atoms with E-state index in [0.29, 0.717) is 11.3 Å². The van der Waals surface area contributed by atoms with E-state index < -0.39 is 0 Å². The number of hydrogen-bond donors (Lipinski definition) is 4. The molecule has 0 saturated carbocycles. The van der Waals surface area contributed by atoms with Gasteiger partial charge in [-0.2, -0.15) is 0 Å². The molecular weight excluding hydrogens is 288 g/mol. The van der Waals surface area contributed by atoms with Crippen molar-refractivity contribution >= 4 is 5.76 Å². The average Bonchev–Trinajstić information content (AvgIpc) is 2.46. The lowest BCUT2D eigenvalue weighted by atomic mass is 9.97. The molecule has 6 heteroatoms. The van der Waals surface area contributed by atoms with E-state index in [-0.39, 0.29) is 40.5 Å². The lowest BCUT2D eigenvalue weighted by Gasteiger charge is -2.25. The van der Waals surface area contributed by atoms with E-state index >= 15 is 0 Å². The summed E-state index contributed by atoms with van der Waals surface area (Å²) in [7, 11) is 1.45. The molecule has 0 spiro atoms. The van der Waals surface area contributed by atoms with Crippen molar-refractivity contribution in [3.8, 4) is 11.5 Å². The summed E-state index contributed by atoms with van der Waals surface area (Å²) in [5.41, 5.74) is 0.644. The highest BCUT2D eigenvalue weighted by atomic mass is 16.5. The highest BCUT2D eigenvalue weighted by molar-refractivity contribution is 5.71. The number of aliphatic hydroxyl groups excluding tert-OH is 3. The van der Waals surface area contributed by atoms with Crippen molar-refractivity contribution in [3.63, 3.8) is 0 Å². The van der Waals surface area contributed by atoms with E-state index in [9.17, 15) is 20.4 Å². The Morgan fingerprint density at radius 2 is 1.73 bits per heavy atom. The predicted octanol–water partition coefficient (Wildman–Crippen LogP) is 2.83. The number of hydrogen-bond acceptors (Lipinski definition) is 6. The van der Waals surface area contributed by atoms with Crippen LogP contribution in [0.15, 0.2) is 59.3 Å². The predicted molar refractivity (Wildman–Crippen MR) is 77.3 cm³/mol. The molecule has 0 aromatic heterocycles. The molecule has 1 heterocycles. The van der Waals surface area contributed by atoms with Gasteiger partial charge in [-0.3, -0.25) is 0 Å². The van der Waals surface area contributed by atoms with Gasteiger partial charge >= 0.3 is 0 Å². The number of allylic oxidation sites excluding steroid dienone is 2. The minimum Gasteiger partial charge on any atom is -0.508 e. The van der Waals surface area contributed by atoms with Crippen molar-refractivity contribution in [1.29, 1.82) is 0 Å². The molecule has 1 aliphatic carbocycles. The summed E-state index contributed by atoms with van der Waals surface area (Å²) in [5.74, 6) is 0.214. The molecule has 6 nitrogen and oxygen atoms in total. The Labute approximate surface area is 126 Å². The van der Waals surface area contributed by atoms with Crippen molar-refractivity contribution in [2.45, 2.75) is 0 Å². The molecule has 0 bridgehead atoms. The van der Waals surface area contributed by atoms with E-state index in [1.165, 1.54) is 31.4 Å². The van der Waals surface area contributed by atoms with Gasteiger partial charge in [0.25, 0.3) is 0 Å². The Morgan fingerprint density at radius 1 is 0.955 bits per heavy atom. The second-order valence-electron chi connectivity index (χ2n) is 4.76. The third-order valence-electron chi connectivity index (χ3n) is 3.22. The number of ether oxygens (including phenoxy) is 2. The Kier molecular flexibility index (Phi) is 3.30. The smallest absolute Gasteiger partial charge is 0.176 e. The number of benzene rings is 1. The second-order valence-corrected chi connectivity index (χ2v) is 4.76. The number of fused-ring (bicyclic) bond motifs is 1. The van der Waals surface area contributed by atoms with Gasteiger partial charge in [-0.05, 0) is 24.3 Å². The standard InChI is InChI=1S/C16H13O6/c1-21-11-3-8(2-9(17)4-11)16-14(20)7-12-13(19)5-10(18)6-15(12)22-16/h2-7,17-20H,1H3. The first-order valence-electron chi connectivity index (χ1n) is 6.38. The first-order valence-corrected chi connectivity index (χ1v) is 6.38. The molecule has 3 rings (SSSR count). The molecular formula is C16H13O6. The number of aliphatic hydroxyl groups is 3. The highest BCUT2D eigenvalue weighted by Gasteiger charge is 2.28. The van der Waals surface area contributed by atoms with Crippen LogP contribution in [0, 0.1) is 6.10 Å². The molecule has 1 radical (unpaired) electrons. The van der Waals surface area contributed by atoms with Crippen molar-refractivity contribution in [1.82, 2.24) is 0 Å². The summed E-state index contributed by atoms with van der Waals surface area (Å²) in [6.07, 6.45) is 3.57. The lowest BCUT2D eigenvalue weighted by Crippen LogP contribution is -2.14. The zero-order valence-corrected chi connectivity index (χ0v) is 11.6. The third kappa shape index (κ3) is 2.40. The minimum atomic E-state index is -0.221. The number of rotatable bonds is 2. The van der Waals surface area contributed by atoms with E-state index in [2.05, 4.69) is 0 Å². The van der Waals surface area contributed by atoms with Crippen LogP contribution in [0.1, 0.15) is 5.56 Å². The fraction of sp³-hybridized carbons (Fsp3) is 0.0625. The summed E-state index contributed by atoms with van der Waals surface area (Å²) < 4.78 is 10.6. The molecule has 1 aliphatic heterocycles. The largest absolute Gasteiger partial charge is 0.508 e. The fourth-order valence-corrected chi connectivity index (χ4v) is 2.23. The molecule has 0 fully saturated rings. The summed E-state index contributed by atoms with van der Waals surface area (Å²) in [6.45, 7) is 0. The SMILES string of the molecule is COc1cc(O)cc(C2=C(O)C=C3[C](O)C=C(O)C=C3O2)c1. The first kappa shape index (κ1) is 14.1. The Bertz CT molecular complexity index is 754. The first-order chi connectivity index (χ1) is 10.5. The Balaban J connectivity index is 2.08. The molecule has 2 aliphatic rings. The number of methoxy groups -OCH3 is 1. The summed E-state index contributed by atoms with van der Waals surface area (Å²) >= 11 is 0. The van der Waals surface area contributed by atoms with Crippen LogP contribution >= 0.6 is 0 Å². The van der Waals surface area contributed by atoms with Crippen LogP contribution in [0.2, 0.25) is 0 Å². The van der Waals surface area contributed by atoms with Gasteiger partial charge in [0.2, 0.25) is 0 Å². The van der Waals surface area contributed by atoms with Crippen LogP contribution in [-0.2, 0) is 4.74 Å². The van der Waals surface area contributed by atoms with Crippen LogP contribution in [0.3, 0.4) is 0 Å². The van der Waals surface area contributed by atoms with Gasteiger partial charge in [-0.25, -0.2) is 0 Å². The Morgan fingerprint density at radius 3 is 2.45 bits per heavy atom. The quantitative estimate of drug-likeness (QED) is 0.670. The van der Waals surface area contributed by atoms with Crippen molar-refractivity contribution < 1.29 is 29.9 Å². The van der Waals surface area contributed by atoms with Crippen molar-refractivity contribution in [3.05, 3.63) is 70.9 Å². The van der Waals surface area contributed by atoms with Crippen LogP contribution in [0.5, 0.6) is 11.5 Å². The van der Waals surface area contributed by atoms with Crippen LogP contribution in [0.4, 0.5) is 0 Å². The molecule has 0 unspecified atom stereocenters. The van der Waals surface area contributed by atoms with E-state index in [1.54, 1.807) is 6.07 Å². The van der Waals surface area contributed by atoms with Gasteiger partial charge in [0.05, 0.1) is 7.11 Å². The highest BCUT2D eigenvalue weighted by Crippen LogP contribution is 2.39. The topological polar surface area (TPSA) is 99.4 Å². The van der Waals surface area contributed by atoms with Gasteiger partial charge in [-0.1, -0.05) is 0 Å². The second kappa shape index (κ2) is 5.16. The van der Waals surface area contributed by atoms with Crippen molar-refractivity contribution in [2.75, 3.05) is 7.11 Å². The number of aromatic hydroxyl groups is 1. The molecule has 0 saturated heterocycles. The van der Waals surface area contributed by atoms with Crippen LogP contribution < -0.4 is 4.74 Å². The lowest BCUT2D eigenvalue weighted by molar-refractivity contribution is 0.295. The number of phenolic OH excluding ortho intramolecular Hbond substituents is 1. The fourth-order valence-electron chi connectivity index (χ4n) is 2.23. The van der Waals surface area contributed by atoms with Crippen LogP contribution in [-0.4, -0.2) is 27.5 Å². The maximum absolute atomic E-state index is 10.1. The maximum Gasteiger partial charge on any atom is 0.176 e. The summed E-state index contributed by atoms with van der Waals surface area (Å²) in [5, 5.41) is 39.1. The van der Waals surface area contributed by atoms with Gasteiger partial charge in [-0.15, -0.1) is 0 Å². The van der Waals surface area contributed by atoms with Gasteiger partial charge in [0.15, 0.2) is 17.6 Å². The zero-order chi connectivity index (χ0) is 15.9. The van der Waals surface area contributed by atoms with Gasteiger partial charge in [0, 0.05) is 23.3 Å². The van der Waals surface area contributed by atoms with Crippen molar-refractivity contribution in [2.24, 2.45) is 0 Å². The summed E-state index contributed by atoms with van der Waals surface area (Å²) in [6, 6.07) is 4.39.